The van der Waals surface area contributed by atoms with E-state index >= 15 is 0 Å². The highest BCUT2D eigenvalue weighted by Gasteiger charge is 2.09. The third-order valence-corrected chi connectivity index (χ3v) is 3.04. The highest BCUT2D eigenvalue weighted by atomic mass is 16.3. The lowest BCUT2D eigenvalue weighted by Crippen LogP contribution is -2.33. The Bertz CT molecular complexity index is 322. The van der Waals surface area contributed by atoms with Gasteiger partial charge in [0.2, 0.25) is 0 Å². The fraction of sp³-hybridized carbons (Fsp3) is 0.769. The van der Waals surface area contributed by atoms with Crippen LogP contribution in [-0.2, 0) is 19.4 Å². The molecule has 0 aliphatic carbocycles. The highest BCUT2D eigenvalue weighted by molar-refractivity contribution is 5.10. The minimum atomic E-state index is 0.180. The predicted octanol–water partition coefficient (Wildman–Crippen LogP) is 1.37. The van der Waals surface area contributed by atoms with Gasteiger partial charge in [-0.3, -0.25) is 4.68 Å². The molecule has 1 atom stereocenters. The molecule has 1 aromatic heterocycles. The van der Waals surface area contributed by atoms with Gasteiger partial charge in [0.1, 0.15) is 0 Å². The summed E-state index contributed by atoms with van der Waals surface area (Å²) in [4.78, 5) is 0. The molecule has 1 heterocycles. The molecule has 0 fully saturated rings. The molecule has 0 aliphatic rings. The van der Waals surface area contributed by atoms with Gasteiger partial charge < -0.3 is 10.4 Å². The van der Waals surface area contributed by atoms with Crippen molar-refractivity contribution in [3.05, 3.63) is 17.5 Å². The average molecular weight is 239 g/mol. The molecule has 0 aliphatic heterocycles. The second-order valence-corrected chi connectivity index (χ2v) is 4.28. The molecule has 2 N–H and O–H groups in total. The van der Waals surface area contributed by atoms with Gasteiger partial charge in [-0.2, -0.15) is 5.10 Å². The van der Waals surface area contributed by atoms with Crippen molar-refractivity contribution in [3.8, 4) is 0 Å². The molecule has 0 spiro atoms. The van der Waals surface area contributed by atoms with E-state index in [0.29, 0.717) is 0 Å². The van der Waals surface area contributed by atoms with Crippen LogP contribution in [-0.4, -0.2) is 34.1 Å². The molecule has 0 saturated heterocycles. The summed E-state index contributed by atoms with van der Waals surface area (Å²) in [6.07, 6.45) is 2.91. The van der Waals surface area contributed by atoms with Gasteiger partial charge in [-0.25, -0.2) is 0 Å². The Labute approximate surface area is 104 Å². The third-order valence-electron chi connectivity index (χ3n) is 3.04. The quantitative estimate of drug-likeness (QED) is 0.720. The number of aliphatic hydroxyl groups excluding tert-OH is 1. The molecule has 4 heteroatoms. The van der Waals surface area contributed by atoms with Crippen molar-refractivity contribution in [3.63, 3.8) is 0 Å². The van der Waals surface area contributed by atoms with Gasteiger partial charge in [0.25, 0.3) is 0 Å². The number of aryl methyl sites for hydroxylation is 3. The maximum absolute atomic E-state index is 9.22. The summed E-state index contributed by atoms with van der Waals surface area (Å²) in [5, 5.41) is 17.1. The number of rotatable bonds is 8. The Morgan fingerprint density at radius 1 is 1.35 bits per heavy atom. The fourth-order valence-corrected chi connectivity index (χ4v) is 1.99. The minimum Gasteiger partial charge on any atom is -0.395 e. The summed E-state index contributed by atoms with van der Waals surface area (Å²) in [6.45, 7) is 8.30. The van der Waals surface area contributed by atoms with E-state index in [1.165, 1.54) is 5.69 Å². The largest absolute Gasteiger partial charge is 0.395 e. The standard InChI is InChI=1S/C13H25N3O/c1-4-11-9-13(5-2)16(15-11)8-7-12(10-17)14-6-3/h9,12,14,17H,4-8,10H2,1-3H3. The van der Waals surface area contributed by atoms with E-state index in [1.807, 2.05) is 0 Å². The van der Waals surface area contributed by atoms with Gasteiger partial charge in [-0.05, 0) is 31.9 Å². The van der Waals surface area contributed by atoms with Crippen LogP contribution in [0.25, 0.3) is 0 Å². The molecule has 17 heavy (non-hydrogen) atoms. The van der Waals surface area contributed by atoms with E-state index < -0.39 is 0 Å². The van der Waals surface area contributed by atoms with Gasteiger partial charge in [0, 0.05) is 18.3 Å². The van der Waals surface area contributed by atoms with Crippen LogP contribution in [0.5, 0.6) is 0 Å². The topological polar surface area (TPSA) is 50.1 Å². The number of likely N-dealkylation sites (N-methyl/N-ethyl adjacent to an activating group) is 1. The van der Waals surface area contributed by atoms with Crippen LogP contribution in [0.2, 0.25) is 0 Å². The lowest BCUT2D eigenvalue weighted by molar-refractivity contribution is 0.231. The lowest BCUT2D eigenvalue weighted by Gasteiger charge is -2.15. The van der Waals surface area contributed by atoms with E-state index in [2.05, 4.69) is 41.9 Å². The summed E-state index contributed by atoms with van der Waals surface area (Å²) in [5.41, 5.74) is 2.45. The highest BCUT2D eigenvalue weighted by Crippen LogP contribution is 2.08. The monoisotopic (exact) mass is 239 g/mol. The molecule has 0 radical (unpaired) electrons. The fourth-order valence-electron chi connectivity index (χ4n) is 1.99. The lowest BCUT2D eigenvalue weighted by atomic mass is 10.2. The Morgan fingerprint density at radius 2 is 2.12 bits per heavy atom. The first-order chi connectivity index (χ1) is 8.24. The van der Waals surface area contributed by atoms with E-state index in [-0.39, 0.29) is 12.6 Å². The summed E-state index contributed by atoms with van der Waals surface area (Å²) < 4.78 is 2.08. The van der Waals surface area contributed by atoms with Crippen LogP contribution in [0.15, 0.2) is 6.07 Å². The average Bonchev–Trinajstić information content (AvgIpc) is 2.76. The maximum atomic E-state index is 9.22. The van der Waals surface area contributed by atoms with Crippen LogP contribution >= 0.6 is 0 Å². The number of nitrogens with zero attached hydrogens (tertiary/aromatic N) is 2. The van der Waals surface area contributed by atoms with Crippen molar-refractivity contribution >= 4 is 0 Å². The SMILES string of the molecule is CCNC(CO)CCn1nc(CC)cc1CC. The normalized spacial score (nSPS) is 12.9. The van der Waals surface area contributed by atoms with Crippen molar-refractivity contribution in [1.29, 1.82) is 0 Å². The van der Waals surface area contributed by atoms with Crippen molar-refractivity contribution in [2.24, 2.45) is 0 Å². The van der Waals surface area contributed by atoms with Crippen LogP contribution in [0.4, 0.5) is 0 Å². The number of hydrogen-bond donors (Lipinski definition) is 2. The third kappa shape index (κ3) is 4.13. The molecule has 4 nitrogen and oxygen atoms in total. The summed E-state index contributed by atoms with van der Waals surface area (Å²) in [7, 11) is 0. The minimum absolute atomic E-state index is 0.180. The van der Waals surface area contributed by atoms with Crippen molar-refractivity contribution in [1.82, 2.24) is 15.1 Å². The van der Waals surface area contributed by atoms with Crippen molar-refractivity contribution < 1.29 is 5.11 Å². The van der Waals surface area contributed by atoms with Crippen molar-refractivity contribution in [2.75, 3.05) is 13.2 Å². The van der Waals surface area contributed by atoms with E-state index in [1.54, 1.807) is 0 Å². The van der Waals surface area contributed by atoms with Crippen LogP contribution < -0.4 is 5.32 Å². The number of nitrogens with one attached hydrogen (secondary N) is 1. The zero-order valence-corrected chi connectivity index (χ0v) is 11.2. The summed E-state index contributed by atoms with van der Waals surface area (Å²) >= 11 is 0. The number of aromatic nitrogens is 2. The molecule has 98 valence electrons. The first-order valence-corrected chi connectivity index (χ1v) is 6.64. The molecule has 1 rings (SSSR count). The number of hydrogen-bond acceptors (Lipinski definition) is 3. The first kappa shape index (κ1) is 14.2. The Balaban J connectivity index is 2.57. The molecule has 0 aromatic carbocycles. The summed E-state index contributed by atoms with van der Waals surface area (Å²) in [6, 6.07) is 2.36. The molecule has 0 saturated carbocycles. The Kier molecular flexibility index (Phi) is 6.22. The first-order valence-electron chi connectivity index (χ1n) is 6.64. The smallest absolute Gasteiger partial charge is 0.0624 e. The van der Waals surface area contributed by atoms with E-state index in [4.69, 9.17) is 0 Å². The second kappa shape index (κ2) is 7.45. The molecular formula is C13H25N3O. The summed E-state index contributed by atoms with van der Waals surface area (Å²) in [5.74, 6) is 0. The van der Waals surface area contributed by atoms with Crippen LogP contribution in [0.3, 0.4) is 0 Å². The van der Waals surface area contributed by atoms with Gasteiger partial charge in [-0.1, -0.05) is 20.8 Å². The predicted molar refractivity (Wildman–Crippen MR) is 70.2 cm³/mol. The zero-order chi connectivity index (χ0) is 12.7. The molecule has 0 bridgehead atoms. The molecule has 0 amide bonds. The Hall–Kier alpha value is -0.870. The molecule has 1 unspecified atom stereocenters. The van der Waals surface area contributed by atoms with Gasteiger partial charge in [0.05, 0.1) is 12.3 Å². The van der Waals surface area contributed by atoms with E-state index in [0.717, 1.165) is 38.0 Å². The number of aliphatic hydroxyl groups is 1. The second-order valence-electron chi connectivity index (χ2n) is 4.28. The van der Waals surface area contributed by atoms with E-state index in [9.17, 15) is 5.11 Å². The van der Waals surface area contributed by atoms with Gasteiger partial charge in [-0.15, -0.1) is 0 Å². The zero-order valence-electron chi connectivity index (χ0n) is 11.2. The maximum Gasteiger partial charge on any atom is 0.0624 e. The van der Waals surface area contributed by atoms with Crippen LogP contribution in [0, 0.1) is 0 Å². The van der Waals surface area contributed by atoms with Crippen molar-refractivity contribution in [2.45, 2.75) is 52.6 Å². The van der Waals surface area contributed by atoms with Crippen LogP contribution in [0.1, 0.15) is 38.6 Å². The molecule has 1 aromatic rings. The molecular weight excluding hydrogens is 214 g/mol. The van der Waals surface area contributed by atoms with Gasteiger partial charge in [0.15, 0.2) is 0 Å². The Morgan fingerprint density at radius 3 is 2.65 bits per heavy atom. The van der Waals surface area contributed by atoms with Gasteiger partial charge >= 0.3 is 0 Å².